The summed E-state index contributed by atoms with van der Waals surface area (Å²) in [5, 5.41) is -0.0462. The van der Waals surface area contributed by atoms with Gasteiger partial charge in [0.2, 0.25) is 5.91 Å². The summed E-state index contributed by atoms with van der Waals surface area (Å²) >= 11 is 4.47. The smallest absolute Gasteiger partial charge is 0.410 e. The van der Waals surface area contributed by atoms with Gasteiger partial charge < -0.3 is 19.3 Å². The Labute approximate surface area is 178 Å². The van der Waals surface area contributed by atoms with Gasteiger partial charge in [0, 0.05) is 58.6 Å². The molecule has 10 heteroatoms. The third kappa shape index (κ3) is 6.81. The second-order valence-electron chi connectivity index (χ2n) is 7.45. The first-order chi connectivity index (χ1) is 13.8. The molecule has 3 amide bonds. The molecule has 2 fully saturated rings. The van der Waals surface area contributed by atoms with Crippen LogP contribution in [0.2, 0.25) is 0 Å². The number of carbonyl (C=O) groups excluding carboxylic acids is 3. The minimum atomic E-state index is -0.539. The highest BCUT2D eigenvalue weighted by atomic mass is 32.1. The van der Waals surface area contributed by atoms with Crippen LogP contribution < -0.4 is 0 Å². The van der Waals surface area contributed by atoms with Crippen LogP contribution in [0.25, 0.3) is 0 Å². The van der Waals surface area contributed by atoms with Gasteiger partial charge in [0.15, 0.2) is 0 Å². The summed E-state index contributed by atoms with van der Waals surface area (Å²) in [5.74, 6) is -0.0574. The maximum Gasteiger partial charge on any atom is 0.410 e. The molecule has 0 aliphatic carbocycles. The topological polar surface area (TPSA) is 82.6 Å². The van der Waals surface area contributed by atoms with Crippen molar-refractivity contribution in [2.45, 2.75) is 24.1 Å². The van der Waals surface area contributed by atoms with Crippen LogP contribution in [0.1, 0.15) is 12.8 Å². The second kappa shape index (κ2) is 11.3. The van der Waals surface area contributed by atoms with E-state index in [0.29, 0.717) is 45.8 Å². The second-order valence-corrected chi connectivity index (χ2v) is 8.18. The van der Waals surface area contributed by atoms with Gasteiger partial charge in [-0.15, -0.1) is 0 Å². The average Bonchev–Trinajstić information content (AvgIpc) is 2.93. The Morgan fingerprint density at radius 3 is 2.62 bits per heavy atom. The summed E-state index contributed by atoms with van der Waals surface area (Å²) in [6.45, 7) is 7.73. The molecule has 29 heavy (non-hydrogen) atoms. The number of carbonyl (C=O) groups is 3. The van der Waals surface area contributed by atoms with E-state index in [0.717, 1.165) is 13.0 Å². The van der Waals surface area contributed by atoms with E-state index in [2.05, 4.69) is 24.1 Å². The first kappa shape index (κ1) is 23.3. The molecule has 2 heterocycles. The van der Waals surface area contributed by atoms with E-state index in [4.69, 9.17) is 9.47 Å². The van der Waals surface area contributed by atoms with Crippen molar-refractivity contribution in [1.29, 1.82) is 0 Å². The molecular formula is C19H32N4O5S. The van der Waals surface area contributed by atoms with E-state index >= 15 is 0 Å². The maximum absolute atomic E-state index is 13.1. The molecule has 2 rings (SSSR count). The SMILES string of the molecule is C=CCOC(=O)N1C[C@@H](S)C[C@H]1C(=O)N1CCCN(CCOC(=O)N(C)C)CC1. The van der Waals surface area contributed by atoms with Crippen LogP contribution in [-0.4, -0.2) is 116 Å². The predicted octanol–water partition coefficient (Wildman–Crippen LogP) is 0.914. The van der Waals surface area contributed by atoms with E-state index in [1.165, 1.54) is 15.9 Å². The van der Waals surface area contributed by atoms with Crippen LogP contribution in [-0.2, 0) is 14.3 Å². The van der Waals surface area contributed by atoms with Crippen molar-refractivity contribution in [1.82, 2.24) is 19.6 Å². The highest BCUT2D eigenvalue weighted by Crippen LogP contribution is 2.25. The van der Waals surface area contributed by atoms with Crippen LogP contribution in [0.15, 0.2) is 12.7 Å². The van der Waals surface area contributed by atoms with Crippen molar-refractivity contribution in [2.75, 3.05) is 66.6 Å². The molecule has 164 valence electrons. The summed E-state index contributed by atoms with van der Waals surface area (Å²) in [6.07, 6.45) is 1.99. The minimum Gasteiger partial charge on any atom is -0.448 e. The Hall–Kier alpha value is -1.94. The van der Waals surface area contributed by atoms with Gasteiger partial charge in [0.25, 0.3) is 0 Å². The number of ether oxygens (including phenoxy) is 2. The van der Waals surface area contributed by atoms with Crippen LogP contribution in [0.4, 0.5) is 9.59 Å². The molecule has 0 radical (unpaired) electrons. The zero-order valence-corrected chi connectivity index (χ0v) is 18.2. The molecular weight excluding hydrogens is 396 g/mol. The van der Waals surface area contributed by atoms with Crippen LogP contribution in [0.5, 0.6) is 0 Å². The molecule has 0 N–H and O–H groups in total. The number of likely N-dealkylation sites (tertiary alicyclic amines) is 1. The zero-order valence-electron chi connectivity index (χ0n) is 17.3. The van der Waals surface area contributed by atoms with Crippen molar-refractivity contribution in [2.24, 2.45) is 0 Å². The van der Waals surface area contributed by atoms with Crippen molar-refractivity contribution in [3.63, 3.8) is 0 Å². The quantitative estimate of drug-likeness (QED) is 0.500. The van der Waals surface area contributed by atoms with Gasteiger partial charge in [-0.05, 0) is 12.8 Å². The maximum atomic E-state index is 13.1. The van der Waals surface area contributed by atoms with E-state index in [1.54, 1.807) is 14.1 Å². The third-order valence-electron chi connectivity index (χ3n) is 5.02. The Morgan fingerprint density at radius 2 is 1.93 bits per heavy atom. The molecule has 9 nitrogen and oxygen atoms in total. The van der Waals surface area contributed by atoms with Gasteiger partial charge >= 0.3 is 12.2 Å². The van der Waals surface area contributed by atoms with Gasteiger partial charge in [0.1, 0.15) is 19.3 Å². The first-order valence-electron chi connectivity index (χ1n) is 9.91. The van der Waals surface area contributed by atoms with E-state index in [1.807, 2.05) is 4.90 Å². The van der Waals surface area contributed by atoms with E-state index in [-0.39, 0.29) is 23.9 Å². The standard InChI is InChI=1S/C19H32N4O5S/c1-4-11-27-19(26)23-14-15(29)13-16(23)17(24)22-7-5-6-21(8-9-22)10-12-28-18(25)20(2)3/h4,15-16,29H,1,5-14H2,2-3H3/t15-,16-/m0/s1. The molecule has 0 aromatic rings. The summed E-state index contributed by atoms with van der Waals surface area (Å²) in [7, 11) is 3.29. The molecule has 0 aromatic carbocycles. The molecule has 0 saturated carbocycles. The average molecular weight is 429 g/mol. The number of nitrogens with zero attached hydrogens (tertiary/aromatic N) is 4. The summed E-state index contributed by atoms with van der Waals surface area (Å²) in [4.78, 5) is 43.8. The number of amides is 3. The summed E-state index contributed by atoms with van der Waals surface area (Å²) in [5.41, 5.74) is 0. The van der Waals surface area contributed by atoms with E-state index < -0.39 is 12.1 Å². The Bertz CT molecular complexity index is 603. The summed E-state index contributed by atoms with van der Waals surface area (Å²) < 4.78 is 10.3. The number of thiol groups is 1. The van der Waals surface area contributed by atoms with Gasteiger partial charge in [0.05, 0.1) is 0 Å². The Kier molecular flexibility index (Phi) is 9.09. The van der Waals surface area contributed by atoms with Crippen molar-refractivity contribution >= 4 is 30.7 Å². The zero-order chi connectivity index (χ0) is 21.4. The molecule has 0 spiro atoms. The number of hydrogen-bond donors (Lipinski definition) is 1. The molecule has 2 atom stereocenters. The number of rotatable bonds is 6. The predicted molar refractivity (Wildman–Crippen MR) is 112 cm³/mol. The summed E-state index contributed by atoms with van der Waals surface area (Å²) in [6, 6.07) is -0.539. The lowest BCUT2D eigenvalue weighted by Gasteiger charge is -2.29. The molecule has 0 unspecified atom stereocenters. The lowest BCUT2D eigenvalue weighted by atomic mass is 10.2. The molecule has 2 saturated heterocycles. The Morgan fingerprint density at radius 1 is 1.17 bits per heavy atom. The van der Waals surface area contributed by atoms with Gasteiger partial charge in [-0.2, -0.15) is 12.6 Å². The van der Waals surface area contributed by atoms with Crippen molar-refractivity contribution < 1.29 is 23.9 Å². The Balaban J connectivity index is 1.86. The third-order valence-corrected chi connectivity index (χ3v) is 5.40. The fourth-order valence-corrected chi connectivity index (χ4v) is 3.86. The minimum absolute atomic E-state index is 0.0462. The molecule has 0 aromatic heterocycles. The monoisotopic (exact) mass is 428 g/mol. The highest BCUT2D eigenvalue weighted by molar-refractivity contribution is 7.81. The normalized spacial score (nSPS) is 22.7. The lowest BCUT2D eigenvalue weighted by Crippen LogP contribution is -2.49. The highest BCUT2D eigenvalue weighted by Gasteiger charge is 2.41. The lowest BCUT2D eigenvalue weighted by molar-refractivity contribution is -0.135. The van der Waals surface area contributed by atoms with Crippen molar-refractivity contribution in [3.05, 3.63) is 12.7 Å². The van der Waals surface area contributed by atoms with Crippen molar-refractivity contribution in [3.8, 4) is 0 Å². The largest absolute Gasteiger partial charge is 0.448 e. The van der Waals surface area contributed by atoms with E-state index in [9.17, 15) is 14.4 Å². The number of hydrogen-bond acceptors (Lipinski definition) is 7. The van der Waals surface area contributed by atoms with Crippen LogP contribution >= 0.6 is 12.6 Å². The molecule has 2 aliphatic rings. The van der Waals surface area contributed by atoms with Gasteiger partial charge in [-0.3, -0.25) is 14.6 Å². The van der Waals surface area contributed by atoms with Crippen LogP contribution in [0, 0.1) is 0 Å². The fourth-order valence-electron chi connectivity index (χ4n) is 3.48. The fraction of sp³-hybridized carbons (Fsp3) is 0.737. The van der Waals surface area contributed by atoms with Gasteiger partial charge in [-0.1, -0.05) is 12.7 Å². The van der Waals surface area contributed by atoms with Gasteiger partial charge in [-0.25, -0.2) is 9.59 Å². The molecule has 0 bridgehead atoms. The first-order valence-corrected chi connectivity index (χ1v) is 10.4. The molecule has 2 aliphatic heterocycles. The van der Waals surface area contributed by atoms with Crippen LogP contribution in [0.3, 0.4) is 0 Å².